The van der Waals surface area contributed by atoms with Crippen LogP contribution in [0.4, 0.5) is 0 Å². The lowest BCUT2D eigenvalue weighted by atomic mass is 10.1. The summed E-state index contributed by atoms with van der Waals surface area (Å²) < 4.78 is 7.07. The van der Waals surface area contributed by atoms with Gasteiger partial charge in [0, 0.05) is 6.07 Å². The van der Waals surface area contributed by atoms with E-state index in [9.17, 15) is 4.79 Å². The molecule has 0 spiro atoms. The number of hydrogen-bond donors (Lipinski definition) is 0. The zero-order chi connectivity index (χ0) is 21.6. The molecule has 5 heteroatoms. The Labute approximate surface area is 179 Å². The number of aromatic nitrogens is 2. The van der Waals surface area contributed by atoms with Crippen LogP contribution < -0.4 is 10.3 Å². The molecular weight excluding hydrogens is 386 g/mol. The van der Waals surface area contributed by atoms with E-state index in [4.69, 9.17) is 21.4 Å². The van der Waals surface area contributed by atoms with E-state index in [0.29, 0.717) is 33.7 Å². The van der Waals surface area contributed by atoms with Crippen LogP contribution >= 0.6 is 0 Å². The van der Waals surface area contributed by atoms with Gasteiger partial charge in [0.2, 0.25) is 0 Å². The summed E-state index contributed by atoms with van der Waals surface area (Å²) in [4.78, 5) is 18.1. The van der Waals surface area contributed by atoms with Gasteiger partial charge in [0.15, 0.2) is 0 Å². The molecule has 0 aliphatic rings. The van der Waals surface area contributed by atoms with Crippen LogP contribution in [0.1, 0.15) is 17.0 Å². The molecule has 0 unspecified atom stereocenters. The number of para-hydroxylation sites is 1. The zero-order valence-corrected chi connectivity index (χ0v) is 16.5. The van der Waals surface area contributed by atoms with Crippen molar-refractivity contribution in [3.05, 3.63) is 100 Å². The number of rotatable bonds is 5. The highest BCUT2D eigenvalue weighted by molar-refractivity contribution is 5.80. The molecule has 0 N–H and O–H groups in total. The monoisotopic (exact) mass is 403 g/mol. The fraction of sp³-hybridized carbons (Fsp3) is 0.0385. The number of nitriles is 1. The Hall–Kier alpha value is -4.61. The summed E-state index contributed by atoms with van der Waals surface area (Å²) in [5, 5.41) is 9.49. The van der Waals surface area contributed by atoms with Crippen molar-refractivity contribution in [3.63, 3.8) is 0 Å². The highest BCUT2D eigenvalue weighted by Gasteiger charge is 2.11. The molecule has 0 bridgehead atoms. The molecule has 0 atom stereocenters. The van der Waals surface area contributed by atoms with Crippen molar-refractivity contribution in [3.8, 4) is 29.8 Å². The highest BCUT2D eigenvalue weighted by Crippen LogP contribution is 2.20. The standard InChI is InChI=1S/C26H17N3O2/c1-2-16-31-22-7-5-6-21(17-22)29-25(15-14-19-10-12-20(18-27)13-11-19)28-24-9-4-3-8-23(24)26(29)30/h1,3-15,17H,16H2/b15-14+. The SMILES string of the molecule is C#CCOc1cccc(-n2c(/C=C/c3ccc(C#N)cc3)nc3ccccc3c2=O)c1. The second-order valence-corrected chi connectivity index (χ2v) is 6.69. The predicted octanol–water partition coefficient (Wildman–Crippen LogP) is 4.44. The fourth-order valence-electron chi connectivity index (χ4n) is 3.19. The molecule has 0 saturated heterocycles. The molecule has 4 rings (SSSR count). The predicted molar refractivity (Wildman–Crippen MR) is 122 cm³/mol. The van der Waals surface area contributed by atoms with Gasteiger partial charge in [-0.15, -0.1) is 6.42 Å². The normalized spacial score (nSPS) is 10.6. The maximum Gasteiger partial charge on any atom is 0.266 e. The summed E-state index contributed by atoms with van der Waals surface area (Å²) in [5.41, 5.74) is 2.53. The quantitative estimate of drug-likeness (QED) is 0.462. The molecule has 0 fully saturated rings. The van der Waals surface area contributed by atoms with Crippen LogP contribution in [-0.4, -0.2) is 16.2 Å². The maximum atomic E-state index is 13.3. The van der Waals surface area contributed by atoms with Gasteiger partial charge >= 0.3 is 0 Å². The van der Waals surface area contributed by atoms with E-state index >= 15 is 0 Å². The minimum Gasteiger partial charge on any atom is -0.481 e. The van der Waals surface area contributed by atoms with E-state index in [2.05, 4.69) is 12.0 Å². The molecule has 5 nitrogen and oxygen atoms in total. The minimum absolute atomic E-state index is 0.139. The van der Waals surface area contributed by atoms with E-state index < -0.39 is 0 Å². The van der Waals surface area contributed by atoms with E-state index in [1.54, 1.807) is 47.0 Å². The molecule has 148 valence electrons. The Morgan fingerprint density at radius 1 is 1.03 bits per heavy atom. The lowest BCUT2D eigenvalue weighted by molar-refractivity contribution is 0.370. The van der Waals surface area contributed by atoms with Crippen LogP contribution in [0.25, 0.3) is 28.7 Å². The van der Waals surface area contributed by atoms with Gasteiger partial charge in [-0.05, 0) is 48.0 Å². The van der Waals surface area contributed by atoms with Gasteiger partial charge < -0.3 is 4.74 Å². The first-order valence-electron chi connectivity index (χ1n) is 9.56. The van der Waals surface area contributed by atoms with Gasteiger partial charge in [-0.25, -0.2) is 4.98 Å². The van der Waals surface area contributed by atoms with Crippen LogP contribution in [0.15, 0.2) is 77.6 Å². The molecule has 0 aliphatic heterocycles. The Bertz CT molecular complexity index is 1420. The van der Waals surface area contributed by atoms with Crippen LogP contribution in [0.2, 0.25) is 0 Å². The third-order valence-corrected chi connectivity index (χ3v) is 4.66. The first-order valence-corrected chi connectivity index (χ1v) is 9.56. The van der Waals surface area contributed by atoms with Gasteiger partial charge in [0.25, 0.3) is 5.56 Å². The van der Waals surface area contributed by atoms with Gasteiger partial charge in [-0.3, -0.25) is 9.36 Å². The van der Waals surface area contributed by atoms with Crippen molar-refractivity contribution < 1.29 is 4.74 Å². The summed E-state index contributed by atoms with van der Waals surface area (Å²) in [6.07, 6.45) is 8.92. The Morgan fingerprint density at radius 2 is 1.84 bits per heavy atom. The minimum atomic E-state index is -0.181. The average molecular weight is 403 g/mol. The second kappa shape index (κ2) is 8.82. The Kier molecular flexibility index (Phi) is 5.60. The van der Waals surface area contributed by atoms with E-state index in [-0.39, 0.29) is 12.2 Å². The van der Waals surface area contributed by atoms with Crippen molar-refractivity contribution in [1.29, 1.82) is 5.26 Å². The third kappa shape index (κ3) is 4.22. The number of terminal acetylenes is 1. The van der Waals surface area contributed by atoms with E-state index in [0.717, 1.165) is 5.56 Å². The van der Waals surface area contributed by atoms with Crippen molar-refractivity contribution >= 4 is 23.1 Å². The molecule has 1 aromatic heterocycles. The molecule has 0 aliphatic carbocycles. The average Bonchev–Trinajstić information content (AvgIpc) is 2.82. The van der Waals surface area contributed by atoms with Crippen LogP contribution in [0.3, 0.4) is 0 Å². The molecule has 3 aromatic carbocycles. The molecule has 1 heterocycles. The lowest BCUT2D eigenvalue weighted by Crippen LogP contribution is -2.22. The molecule has 0 radical (unpaired) electrons. The molecule has 31 heavy (non-hydrogen) atoms. The topological polar surface area (TPSA) is 67.9 Å². The summed E-state index contributed by atoms with van der Waals surface area (Å²) in [6, 6.07) is 23.7. The van der Waals surface area contributed by atoms with Crippen molar-refractivity contribution in [2.75, 3.05) is 6.61 Å². The fourth-order valence-corrected chi connectivity index (χ4v) is 3.19. The van der Waals surface area contributed by atoms with E-state index in [1.165, 1.54) is 0 Å². The van der Waals surface area contributed by atoms with Crippen molar-refractivity contribution in [2.24, 2.45) is 0 Å². The van der Waals surface area contributed by atoms with E-state index in [1.807, 2.05) is 42.5 Å². The van der Waals surface area contributed by atoms with Gasteiger partial charge in [0.1, 0.15) is 18.2 Å². The number of benzene rings is 3. The smallest absolute Gasteiger partial charge is 0.266 e. The largest absolute Gasteiger partial charge is 0.481 e. The van der Waals surface area contributed by atoms with Crippen molar-refractivity contribution in [1.82, 2.24) is 9.55 Å². The van der Waals surface area contributed by atoms with Gasteiger partial charge in [-0.1, -0.05) is 42.3 Å². The summed E-state index contributed by atoms with van der Waals surface area (Å²) in [5.74, 6) is 3.48. The molecule has 0 amide bonds. The highest BCUT2D eigenvalue weighted by atomic mass is 16.5. The number of fused-ring (bicyclic) bond motifs is 1. The van der Waals surface area contributed by atoms with Gasteiger partial charge in [-0.2, -0.15) is 5.26 Å². The van der Waals surface area contributed by atoms with Crippen LogP contribution in [0.5, 0.6) is 5.75 Å². The molecular formula is C26H17N3O2. The Morgan fingerprint density at radius 3 is 2.61 bits per heavy atom. The summed E-state index contributed by atoms with van der Waals surface area (Å²) in [7, 11) is 0. The summed E-state index contributed by atoms with van der Waals surface area (Å²) >= 11 is 0. The number of hydrogen-bond acceptors (Lipinski definition) is 4. The van der Waals surface area contributed by atoms with Gasteiger partial charge in [0.05, 0.1) is 28.2 Å². The summed E-state index contributed by atoms with van der Waals surface area (Å²) in [6.45, 7) is 0.139. The Balaban J connectivity index is 1.86. The first kappa shape index (κ1) is 19.7. The number of nitrogens with zero attached hydrogens (tertiary/aromatic N) is 3. The second-order valence-electron chi connectivity index (χ2n) is 6.69. The third-order valence-electron chi connectivity index (χ3n) is 4.66. The molecule has 0 saturated carbocycles. The van der Waals surface area contributed by atoms with Crippen LogP contribution in [0, 0.1) is 23.7 Å². The molecule has 4 aromatic rings. The maximum absolute atomic E-state index is 13.3. The van der Waals surface area contributed by atoms with Crippen LogP contribution in [-0.2, 0) is 0 Å². The van der Waals surface area contributed by atoms with Crippen molar-refractivity contribution in [2.45, 2.75) is 0 Å². The number of ether oxygens (including phenoxy) is 1. The lowest BCUT2D eigenvalue weighted by Gasteiger charge is -2.12. The first-order chi connectivity index (χ1) is 15.2. The zero-order valence-electron chi connectivity index (χ0n) is 16.5.